The van der Waals surface area contributed by atoms with E-state index in [0.29, 0.717) is 22.7 Å². The molecule has 0 spiro atoms. The Labute approximate surface area is 116 Å². The molecule has 0 saturated heterocycles. The first-order valence-corrected chi connectivity index (χ1v) is 6.01. The average Bonchev–Trinajstić information content (AvgIpc) is 2.42. The topological polar surface area (TPSA) is 76.1 Å². The number of hydrogen-bond donors (Lipinski definition) is 1. The highest BCUT2D eigenvalue weighted by Gasteiger charge is 2.31. The molecular weight excluding hydrogens is 262 g/mol. The van der Waals surface area contributed by atoms with Crippen molar-refractivity contribution in [2.24, 2.45) is 0 Å². The lowest BCUT2D eigenvalue weighted by atomic mass is 10.1. The van der Waals surface area contributed by atoms with E-state index < -0.39 is 12.1 Å². The molecule has 1 aliphatic heterocycles. The van der Waals surface area contributed by atoms with Crippen molar-refractivity contribution >= 4 is 23.6 Å². The van der Waals surface area contributed by atoms with Crippen LogP contribution in [-0.4, -0.2) is 37.2 Å². The van der Waals surface area contributed by atoms with E-state index in [4.69, 9.17) is 14.6 Å². The second-order valence-corrected chi connectivity index (χ2v) is 4.40. The molecule has 0 fully saturated rings. The molecule has 6 heteroatoms. The lowest BCUT2D eigenvalue weighted by Gasteiger charge is -2.31. The number of rotatable bonds is 3. The van der Waals surface area contributed by atoms with Gasteiger partial charge in [0.25, 0.3) is 5.91 Å². The third-order valence-electron chi connectivity index (χ3n) is 3.03. The largest absolute Gasteiger partial charge is 0.493 e. The minimum atomic E-state index is -1.05. The first kappa shape index (κ1) is 13.9. The zero-order valence-corrected chi connectivity index (χ0v) is 11.4. The summed E-state index contributed by atoms with van der Waals surface area (Å²) in [5, 5.41) is 8.66. The summed E-state index contributed by atoms with van der Waals surface area (Å²) in [5.74, 6) is -0.275. The van der Waals surface area contributed by atoms with Crippen molar-refractivity contribution in [1.29, 1.82) is 0 Å². The molecule has 6 nitrogen and oxygen atoms in total. The molecule has 0 bridgehead atoms. The molecule has 1 unspecified atom stereocenters. The maximum atomic E-state index is 11.9. The van der Waals surface area contributed by atoms with E-state index in [2.05, 4.69) is 0 Å². The van der Waals surface area contributed by atoms with Crippen LogP contribution in [0.15, 0.2) is 18.2 Å². The summed E-state index contributed by atoms with van der Waals surface area (Å²) in [7, 11) is 3.13. The van der Waals surface area contributed by atoms with Gasteiger partial charge in [-0.2, -0.15) is 0 Å². The van der Waals surface area contributed by atoms with E-state index in [0.717, 1.165) is 6.08 Å². The third kappa shape index (κ3) is 2.45. The Bertz CT molecular complexity index is 593. The molecule has 1 aromatic rings. The van der Waals surface area contributed by atoms with Gasteiger partial charge in [-0.25, -0.2) is 4.79 Å². The van der Waals surface area contributed by atoms with Gasteiger partial charge in [0, 0.05) is 13.1 Å². The Kier molecular flexibility index (Phi) is 3.65. The average molecular weight is 277 g/mol. The quantitative estimate of drug-likeness (QED) is 0.848. The van der Waals surface area contributed by atoms with Crippen LogP contribution >= 0.6 is 0 Å². The molecular formula is C14H15NO5. The van der Waals surface area contributed by atoms with E-state index in [1.165, 1.54) is 18.1 Å². The van der Waals surface area contributed by atoms with Gasteiger partial charge >= 0.3 is 5.97 Å². The van der Waals surface area contributed by atoms with Gasteiger partial charge in [0.2, 0.25) is 0 Å². The Morgan fingerprint density at radius 1 is 1.50 bits per heavy atom. The smallest absolute Gasteiger partial charge is 0.328 e. The molecule has 1 atom stereocenters. The monoisotopic (exact) mass is 277 g/mol. The minimum Gasteiger partial charge on any atom is -0.493 e. The highest BCUT2D eigenvalue weighted by Crippen LogP contribution is 2.42. The summed E-state index contributed by atoms with van der Waals surface area (Å²) in [4.78, 5) is 24.0. The summed E-state index contributed by atoms with van der Waals surface area (Å²) < 4.78 is 10.8. The number of fused-ring (bicyclic) bond motifs is 1. The van der Waals surface area contributed by atoms with Crippen LogP contribution in [-0.2, 0) is 9.59 Å². The first-order chi connectivity index (χ1) is 9.43. The fourth-order valence-electron chi connectivity index (χ4n) is 2.01. The molecule has 106 valence electrons. The van der Waals surface area contributed by atoms with Gasteiger partial charge < -0.3 is 19.5 Å². The van der Waals surface area contributed by atoms with Crippen molar-refractivity contribution in [2.75, 3.05) is 19.1 Å². The number of anilines is 1. The van der Waals surface area contributed by atoms with Gasteiger partial charge in [-0.3, -0.25) is 4.79 Å². The second kappa shape index (κ2) is 5.24. The minimum absolute atomic E-state index is 0.168. The van der Waals surface area contributed by atoms with Gasteiger partial charge in [-0.15, -0.1) is 0 Å². The molecule has 1 N–H and O–H groups in total. The molecule has 2 rings (SSSR count). The zero-order chi connectivity index (χ0) is 14.9. The lowest BCUT2D eigenvalue weighted by molar-refractivity contribution is -0.131. The molecule has 1 amide bonds. The summed E-state index contributed by atoms with van der Waals surface area (Å²) in [6.45, 7) is 1.67. The predicted molar refractivity (Wildman–Crippen MR) is 73.2 cm³/mol. The Hall–Kier alpha value is -2.50. The van der Waals surface area contributed by atoms with Crippen molar-refractivity contribution in [3.63, 3.8) is 0 Å². The highest BCUT2D eigenvalue weighted by molar-refractivity contribution is 6.00. The highest BCUT2D eigenvalue weighted by atomic mass is 16.5. The first-order valence-electron chi connectivity index (χ1n) is 6.01. The van der Waals surface area contributed by atoms with Crippen molar-refractivity contribution in [3.05, 3.63) is 23.8 Å². The number of nitrogens with zero attached hydrogens (tertiary/aromatic N) is 1. The summed E-state index contributed by atoms with van der Waals surface area (Å²) in [6, 6.07) is 3.34. The second-order valence-electron chi connectivity index (χ2n) is 4.40. The number of benzene rings is 1. The van der Waals surface area contributed by atoms with Crippen LogP contribution in [0.4, 0.5) is 5.69 Å². The van der Waals surface area contributed by atoms with E-state index in [-0.39, 0.29) is 5.91 Å². The molecule has 0 aromatic heterocycles. The van der Waals surface area contributed by atoms with Crippen molar-refractivity contribution in [3.8, 4) is 11.5 Å². The fourth-order valence-corrected chi connectivity index (χ4v) is 2.01. The molecule has 1 aromatic carbocycles. The summed E-state index contributed by atoms with van der Waals surface area (Å²) >= 11 is 0. The van der Waals surface area contributed by atoms with E-state index in [9.17, 15) is 9.59 Å². The van der Waals surface area contributed by atoms with Crippen LogP contribution in [0, 0.1) is 0 Å². The lowest BCUT2D eigenvalue weighted by Crippen LogP contribution is -2.42. The standard InChI is InChI=1S/C14H15NO5/c1-8-14(18)15(2)10-6-9(4-5-12(16)17)7-11(19-3)13(10)20-8/h4-8H,1-3H3,(H,16,17)/b5-4+. The van der Waals surface area contributed by atoms with Gasteiger partial charge in [-0.05, 0) is 30.7 Å². The van der Waals surface area contributed by atoms with Gasteiger partial charge in [0.1, 0.15) is 0 Å². The van der Waals surface area contributed by atoms with Gasteiger partial charge in [0.05, 0.1) is 12.8 Å². The van der Waals surface area contributed by atoms with E-state index >= 15 is 0 Å². The number of carboxylic acid groups (broad SMARTS) is 1. The fraction of sp³-hybridized carbons (Fsp3) is 0.286. The third-order valence-corrected chi connectivity index (χ3v) is 3.03. The van der Waals surface area contributed by atoms with Gasteiger partial charge in [0.15, 0.2) is 17.6 Å². The maximum Gasteiger partial charge on any atom is 0.328 e. The Morgan fingerprint density at radius 2 is 2.20 bits per heavy atom. The van der Waals surface area contributed by atoms with Gasteiger partial charge in [-0.1, -0.05) is 0 Å². The molecule has 1 aliphatic rings. The van der Waals surface area contributed by atoms with Crippen molar-refractivity contribution in [2.45, 2.75) is 13.0 Å². The summed E-state index contributed by atoms with van der Waals surface area (Å²) in [6.07, 6.45) is 1.87. The number of carboxylic acids is 1. The molecule has 0 aliphatic carbocycles. The normalized spacial score (nSPS) is 17.9. The molecule has 1 heterocycles. The number of amides is 1. The number of aliphatic carboxylic acids is 1. The summed E-state index contributed by atoms with van der Waals surface area (Å²) in [5.41, 5.74) is 1.17. The Morgan fingerprint density at radius 3 is 2.80 bits per heavy atom. The van der Waals surface area contributed by atoms with E-state index in [1.54, 1.807) is 26.1 Å². The number of carbonyl (C=O) groups excluding carboxylic acids is 1. The van der Waals surface area contributed by atoms with E-state index in [1.807, 2.05) is 0 Å². The SMILES string of the molecule is COc1cc(/C=C/C(=O)O)cc2c1OC(C)C(=O)N2C. The number of likely N-dealkylation sites (N-methyl/N-ethyl adjacent to an activating group) is 1. The predicted octanol–water partition coefficient (Wildman–Crippen LogP) is 1.54. The van der Waals surface area contributed by atoms with Crippen LogP contribution in [0.25, 0.3) is 6.08 Å². The van der Waals surface area contributed by atoms with Crippen molar-refractivity contribution < 1.29 is 24.2 Å². The zero-order valence-electron chi connectivity index (χ0n) is 11.4. The Balaban J connectivity index is 2.53. The van der Waals surface area contributed by atoms with Crippen molar-refractivity contribution in [1.82, 2.24) is 0 Å². The molecule has 0 saturated carbocycles. The number of hydrogen-bond acceptors (Lipinski definition) is 4. The maximum absolute atomic E-state index is 11.9. The molecule has 0 radical (unpaired) electrons. The van der Waals surface area contributed by atoms with Crippen LogP contribution < -0.4 is 14.4 Å². The van der Waals surface area contributed by atoms with Crippen LogP contribution in [0.1, 0.15) is 12.5 Å². The number of methoxy groups -OCH3 is 1. The number of ether oxygens (including phenoxy) is 2. The molecule has 20 heavy (non-hydrogen) atoms. The number of carbonyl (C=O) groups is 2. The van der Waals surface area contributed by atoms with Crippen LogP contribution in [0.2, 0.25) is 0 Å². The van der Waals surface area contributed by atoms with Crippen LogP contribution in [0.3, 0.4) is 0 Å². The van der Waals surface area contributed by atoms with Crippen LogP contribution in [0.5, 0.6) is 11.5 Å².